The first-order chi connectivity index (χ1) is 7.66. The molecule has 0 bridgehead atoms. The fourth-order valence-electron chi connectivity index (χ4n) is 1.70. The Kier molecular flexibility index (Phi) is 4.94. The minimum absolute atomic E-state index is 0.722. The minimum Gasteiger partial charge on any atom is -0.197 e. The lowest BCUT2D eigenvalue weighted by atomic mass is 10.0. The molecule has 0 unspecified atom stereocenters. The molecule has 1 aromatic heterocycles. The van der Waals surface area contributed by atoms with Crippen molar-refractivity contribution in [3.63, 3.8) is 0 Å². The van der Waals surface area contributed by atoms with Crippen LogP contribution in [0.5, 0.6) is 0 Å². The first-order valence-corrected chi connectivity index (χ1v) is 6.79. The van der Waals surface area contributed by atoms with Gasteiger partial charge in [0.25, 0.3) is 0 Å². The third-order valence-electron chi connectivity index (χ3n) is 2.36. The van der Waals surface area contributed by atoms with Crippen LogP contribution in [-0.4, -0.2) is 4.37 Å². The number of fused-ring (bicyclic) bond motifs is 1. The van der Waals surface area contributed by atoms with E-state index in [0.29, 0.717) is 0 Å². The van der Waals surface area contributed by atoms with E-state index >= 15 is 0 Å². The van der Waals surface area contributed by atoms with Crippen LogP contribution in [0.15, 0.2) is 18.2 Å². The summed E-state index contributed by atoms with van der Waals surface area (Å²) in [5.74, 6) is 0.722. The van der Waals surface area contributed by atoms with Crippen molar-refractivity contribution in [1.82, 2.24) is 4.37 Å². The zero-order valence-corrected chi connectivity index (χ0v) is 11.7. The molecule has 0 aliphatic carbocycles. The Hall–Kier alpha value is -0.890. The molecule has 0 amide bonds. The molecule has 2 aromatic rings. The molecule has 16 heavy (non-hydrogen) atoms. The van der Waals surface area contributed by atoms with Gasteiger partial charge in [0.05, 0.1) is 10.4 Å². The smallest absolute Gasteiger partial charge is 0.0589 e. The molecule has 1 heterocycles. The van der Waals surface area contributed by atoms with Crippen molar-refractivity contribution in [2.24, 2.45) is 5.92 Å². The van der Waals surface area contributed by atoms with Gasteiger partial charge in [0, 0.05) is 5.39 Å². The summed E-state index contributed by atoms with van der Waals surface area (Å²) in [6.07, 6.45) is 1.16. The monoisotopic (exact) mass is 235 g/mol. The van der Waals surface area contributed by atoms with Crippen molar-refractivity contribution in [2.45, 2.75) is 41.0 Å². The van der Waals surface area contributed by atoms with Crippen molar-refractivity contribution in [3.05, 3.63) is 29.5 Å². The number of hydrogen-bond acceptors (Lipinski definition) is 2. The molecule has 2 heteroatoms. The maximum Gasteiger partial charge on any atom is 0.0589 e. The SMILES string of the molecule is CC.Cc1nsc2ccc(CC(C)C)cc12. The quantitative estimate of drug-likeness (QED) is 0.726. The number of aromatic nitrogens is 1. The first kappa shape index (κ1) is 13.2. The van der Waals surface area contributed by atoms with E-state index in [1.807, 2.05) is 13.8 Å². The number of aryl methyl sites for hydroxylation is 1. The number of rotatable bonds is 2. The van der Waals surface area contributed by atoms with Crippen LogP contribution in [0.2, 0.25) is 0 Å². The Bertz CT molecular complexity index is 443. The molecular formula is C14H21NS. The third kappa shape index (κ3) is 3.05. The Morgan fingerprint density at radius 1 is 1.25 bits per heavy atom. The second-order valence-corrected chi connectivity index (χ2v) is 5.00. The average Bonchev–Trinajstić information content (AvgIpc) is 2.63. The van der Waals surface area contributed by atoms with Gasteiger partial charge in [-0.05, 0) is 48.5 Å². The minimum atomic E-state index is 0.722. The van der Waals surface area contributed by atoms with E-state index in [4.69, 9.17) is 0 Å². The highest BCUT2D eigenvalue weighted by atomic mass is 32.1. The normalized spacial score (nSPS) is 10.4. The van der Waals surface area contributed by atoms with Crippen LogP contribution in [0.3, 0.4) is 0 Å². The van der Waals surface area contributed by atoms with E-state index in [-0.39, 0.29) is 0 Å². The molecule has 0 atom stereocenters. The van der Waals surface area contributed by atoms with Crippen LogP contribution in [-0.2, 0) is 6.42 Å². The zero-order valence-electron chi connectivity index (χ0n) is 10.9. The van der Waals surface area contributed by atoms with Gasteiger partial charge in [-0.1, -0.05) is 33.8 Å². The summed E-state index contributed by atoms with van der Waals surface area (Å²) in [7, 11) is 0. The van der Waals surface area contributed by atoms with Crippen LogP contribution >= 0.6 is 11.5 Å². The van der Waals surface area contributed by atoms with Crippen molar-refractivity contribution in [1.29, 1.82) is 0 Å². The van der Waals surface area contributed by atoms with E-state index in [2.05, 4.69) is 43.3 Å². The summed E-state index contributed by atoms with van der Waals surface area (Å²) in [6, 6.07) is 6.70. The molecular weight excluding hydrogens is 214 g/mol. The first-order valence-electron chi connectivity index (χ1n) is 6.01. The molecule has 2 rings (SSSR count). The predicted octanol–water partition coefficient (Wildman–Crippen LogP) is 4.83. The Labute approximate surface area is 103 Å². The van der Waals surface area contributed by atoms with Crippen molar-refractivity contribution in [3.8, 4) is 0 Å². The molecule has 1 aromatic carbocycles. The summed E-state index contributed by atoms with van der Waals surface area (Å²) in [5.41, 5.74) is 2.59. The van der Waals surface area contributed by atoms with Crippen molar-refractivity contribution in [2.75, 3.05) is 0 Å². The standard InChI is InChI=1S/C12H15NS.C2H6/c1-8(2)6-10-4-5-12-11(7-10)9(3)13-14-12;1-2/h4-5,7-8H,6H2,1-3H3;1-2H3. The van der Waals surface area contributed by atoms with Gasteiger partial charge in [-0.25, -0.2) is 0 Å². The van der Waals surface area contributed by atoms with Crippen molar-refractivity contribution >= 4 is 21.6 Å². The molecule has 88 valence electrons. The molecule has 0 spiro atoms. The molecule has 0 saturated carbocycles. The van der Waals surface area contributed by atoms with E-state index in [1.165, 1.54) is 15.6 Å². The number of nitrogens with zero attached hydrogens (tertiary/aromatic N) is 1. The largest absolute Gasteiger partial charge is 0.197 e. The zero-order chi connectivity index (χ0) is 12.1. The van der Waals surface area contributed by atoms with Gasteiger partial charge in [-0.15, -0.1) is 0 Å². The van der Waals surface area contributed by atoms with Crippen molar-refractivity contribution < 1.29 is 0 Å². The number of hydrogen-bond donors (Lipinski definition) is 0. The molecule has 0 fully saturated rings. The van der Waals surface area contributed by atoms with Gasteiger partial charge in [0.2, 0.25) is 0 Å². The lowest BCUT2D eigenvalue weighted by Crippen LogP contribution is -1.93. The maximum absolute atomic E-state index is 4.36. The Morgan fingerprint density at radius 2 is 1.94 bits per heavy atom. The molecule has 1 nitrogen and oxygen atoms in total. The second-order valence-electron chi connectivity index (χ2n) is 4.20. The van der Waals surface area contributed by atoms with E-state index in [0.717, 1.165) is 18.0 Å². The van der Waals surface area contributed by atoms with Gasteiger partial charge in [0.1, 0.15) is 0 Å². The number of benzene rings is 1. The molecule has 0 N–H and O–H groups in total. The molecule has 0 aliphatic heterocycles. The highest BCUT2D eigenvalue weighted by molar-refractivity contribution is 7.13. The van der Waals surface area contributed by atoms with Crippen LogP contribution < -0.4 is 0 Å². The van der Waals surface area contributed by atoms with Gasteiger partial charge in [0.15, 0.2) is 0 Å². The van der Waals surface area contributed by atoms with Gasteiger partial charge in [-0.3, -0.25) is 0 Å². The average molecular weight is 235 g/mol. The lowest BCUT2D eigenvalue weighted by Gasteiger charge is -2.04. The van der Waals surface area contributed by atoms with Gasteiger partial charge < -0.3 is 0 Å². The highest BCUT2D eigenvalue weighted by Crippen LogP contribution is 2.24. The van der Waals surface area contributed by atoms with Crippen LogP contribution in [0.25, 0.3) is 10.1 Å². The molecule has 0 aliphatic rings. The predicted molar refractivity (Wildman–Crippen MR) is 74.2 cm³/mol. The van der Waals surface area contributed by atoms with Crippen LogP contribution in [0.1, 0.15) is 39.0 Å². The van der Waals surface area contributed by atoms with E-state index < -0.39 is 0 Å². The van der Waals surface area contributed by atoms with Crippen LogP contribution in [0.4, 0.5) is 0 Å². The fourth-order valence-corrected chi connectivity index (χ4v) is 2.47. The van der Waals surface area contributed by atoms with E-state index in [1.54, 1.807) is 11.5 Å². The summed E-state index contributed by atoms with van der Waals surface area (Å²) < 4.78 is 5.66. The summed E-state index contributed by atoms with van der Waals surface area (Å²) in [5, 5.41) is 1.33. The maximum atomic E-state index is 4.36. The third-order valence-corrected chi connectivity index (χ3v) is 3.28. The molecule has 0 saturated heterocycles. The van der Waals surface area contributed by atoms with Crippen LogP contribution in [0, 0.1) is 12.8 Å². The van der Waals surface area contributed by atoms with E-state index in [9.17, 15) is 0 Å². The summed E-state index contributed by atoms with van der Waals surface area (Å²) in [6.45, 7) is 10.6. The topological polar surface area (TPSA) is 12.9 Å². The van der Waals surface area contributed by atoms with Gasteiger partial charge >= 0.3 is 0 Å². The molecule has 0 radical (unpaired) electrons. The fraction of sp³-hybridized carbons (Fsp3) is 0.500. The Morgan fingerprint density at radius 3 is 2.56 bits per heavy atom. The lowest BCUT2D eigenvalue weighted by molar-refractivity contribution is 0.648. The summed E-state index contributed by atoms with van der Waals surface area (Å²) >= 11 is 1.59. The Balaban J connectivity index is 0.000000606. The second kappa shape index (κ2) is 6.00. The highest BCUT2D eigenvalue weighted by Gasteiger charge is 2.04. The summed E-state index contributed by atoms with van der Waals surface area (Å²) in [4.78, 5) is 0. The van der Waals surface area contributed by atoms with Gasteiger partial charge in [-0.2, -0.15) is 4.37 Å².